The fourth-order valence-electron chi connectivity index (χ4n) is 5.27. The lowest BCUT2D eigenvalue weighted by molar-refractivity contribution is -0.158. The Hall–Kier alpha value is -4.24. The van der Waals surface area contributed by atoms with Crippen molar-refractivity contribution in [3.63, 3.8) is 0 Å². The van der Waals surface area contributed by atoms with Gasteiger partial charge >= 0.3 is 6.03 Å². The molecule has 8 nitrogen and oxygen atoms in total. The summed E-state index contributed by atoms with van der Waals surface area (Å²) in [6.45, 7) is 3.23. The second-order valence-corrected chi connectivity index (χ2v) is 9.81. The number of benzene rings is 3. The number of piperazine rings is 1. The third-order valence-electron chi connectivity index (χ3n) is 7.13. The molecule has 1 N–H and O–H groups in total. The molecule has 2 saturated heterocycles. The van der Waals surface area contributed by atoms with Gasteiger partial charge in [0.1, 0.15) is 18.0 Å². The normalized spacial score (nSPS) is 19.2. The SMILES string of the molecule is CCCN(C(=O)NCc1ccccc1)N1CC(=O)N2[C@@H](c3ccccc3)C(=O)N(Cc3ccc(F)cc3)C[C@@H]21. The lowest BCUT2D eigenvalue weighted by atomic mass is 10.00. The van der Waals surface area contributed by atoms with Crippen LogP contribution in [0, 0.1) is 5.82 Å². The Labute approximate surface area is 227 Å². The molecule has 0 bridgehead atoms. The lowest BCUT2D eigenvalue weighted by Crippen LogP contribution is -2.62. The average molecular weight is 530 g/mol. The van der Waals surface area contributed by atoms with Crippen LogP contribution in [0.2, 0.25) is 0 Å². The highest BCUT2D eigenvalue weighted by Crippen LogP contribution is 2.36. The Morgan fingerprint density at radius 2 is 1.62 bits per heavy atom. The van der Waals surface area contributed by atoms with Crippen molar-refractivity contribution in [1.29, 1.82) is 0 Å². The summed E-state index contributed by atoms with van der Waals surface area (Å²) < 4.78 is 13.5. The Bertz CT molecular complexity index is 1310. The molecule has 3 aromatic carbocycles. The monoisotopic (exact) mass is 529 g/mol. The van der Waals surface area contributed by atoms with Gasteiger partial charge in [0.05, 0.1) is 13.1 Å². The number of carbonyl (C=O) groups excluding carboxylic acids is 3. The van der Waals surface area contributed by atoms with Gasteiger partial charge in [0.25, 0.3) is 5.91 Å². The van der Waals surface area contributed by atoms with Crippen molar-refractivity contribution in [2.75, 3.05) is 19.6 Å². The molecule has 2 atom stereocenters. The van der Waals surface area contributed by atoms with Crippen LogP contribution in [0.3, 0.4) is 0 Å². The number of hydrogen-bond donors (Lipinski definition) is 1. The molecule has 0 aliphatic carbocycles. The van der Waals surface area contributed by atoms with Crippen LogP contribution in [-0.4, -0.2) is 63.5 Å². The van der Waals surface area contributed by atoms with Crippen LogP contribution in [0.15, 0.2) is 84.9 Å². The summed E-state index contributed by atoms with van der Waals surface area (Å²) in [5, 5.41) is 6.36. The summed E-state index contributed by atoms with van der Waals surface area (Å²) in [5.41, 5.74) is 2.47. The van der Waals surface area contributed by atoms with Gasteiger partial charge in [-0.2, -0.15) is 5.01 Å². The number of nitrogens with one attached hydrogen (secondary N) is 1. The third kappa shape index (κ3) is 5.63. The summed E-state index contributed by atoms with van der Waals surface area (Å²) in [4.78, 5) is 44.0. The van der Waals surface area contributed by atoms with Gasteiger partial charge < -0.3 is 15.1 Å². The molecule has 0 unspecified atom stereocenters. The van der Waals surface area contributed by atoms with Crippen molar-refractivity contribution >= 4 is 17.8 Å². The zero-order valence-corrected chi connectivity index (χ0v) is 21.9. The van der Waals surface area contributed by atoms with Crippen LogP contribution < -0.4 is 5.32 Å². The maximum Gasteiger partial charge on any atom is 0.332 e. The molecule has 2 aliphatic heterocycles. The average Bonchev–Trinajstić information content (AvgIpc) is 3.28. The number of urea groups is 1. The standard InChI is InChI=1S/C30H32FN5O3/c1-2-17-34(30(39)32-18-22-9-5-3-6-10-22)35-21-27(37)36-26(35)20-33(19-23-13-15-25(31)16-14-23)29(38)28(36)24-11-7-4-8-12-24/h3-16,26,28H,2,17-21H2,1H3,(H,32,39)/t26-,28+/m1/s1. The van der Waals surface area contributed by atoms with E-state index in [1.807, 2.05) is 67.6 Å². The number of amides is 4. The Kier molecular flexibility index (Phi) is 7.88. The first-order chi connectivity index (χ1) is 19.0. The van der Waals surface area contributed by atoms with E-state index in [0.717, 1.165) is 11.1 Å². The molecule has 0 saturated carbocycles. The number of nitrogens with zero attached hydrogens (tertiary/aromatic N) is 4. The zero-order valence-electron chi connectivity index (χ0n) is 21.9. The predicted molar refractivity (Wildman–Crippen MR) is 144 cm³/mol. The molecule has 202 valence electrons. The van der Waals surface area contributed by atoms with E-state index in [2.05, 4.69) is 5.32 Å². The van der Waals surface area contributed by atoms with E-state index in [-0.39, 0.29) is 43.3 Å². The molecule has 0 aromatic heterocycles. The van der Waals surface area contributed by atoms with E-state index in [9.17, 15) is 18.8 Å². The minimum Gasteiger partial charge on any atom is -0.333 e. The first-order valence-electron chi connectivity index (χ1n) is 13.2. The fraction of sp³-hybridized carbons (Fsp3) is 0.300. The molecule has 2 aliphatic rings. The van der Waals surface area contributed by atoms with Crippen molar-refractivity contribution in [2.24, 2.45) is 0 Å². The molecule has 4 amide bonds. The van der Waals surface area contributed by atoms with Crippen LogP contribution in [-0.2, 0) is 22.7 Å². The minimum absolute atomic E-state index is 0.00950. The number of halogens is 1. The largest absolute Gasteiger partial charge is 0.333 e. The number of fused-ring (bicyclic) bond motifs is 1. The first kappa shape index (κ1) is 26.4. The van der Waals surface area contributed by atoms with Crippen LogP contribution in [0.25, 0.3) is 0 Å². The minimum atomic E-state index is -0.821. The highest BCUT2D eigenvalue weighted by atomic mass is 19.1. The molecule has 0 spiro atoms. The number of carbonyl (C=O) groups is 3. The van der Waals surface area contributed by atoms with E-state index >= 15 is 0 Å². The predicted octanol–water partition coefficient (Wildman–Crippen LogP) is 3.92. The van der Waals surface area contributed by atoms with Crippen LogP contribution in [0.4, 0.5) is 9.18 Å². The van der Waals surface area contributed by atoms with Crippen LogP contribution >= 0.6 is 0 Å². The van der Waals surface area contributed by atoms with Crippen LogP contribution in [0.1, 0.15) is 36.1 Å². The number of hydrazine groups is 1. The molecule has 5 rings (SSSR count). The van der Waals surface area contributed by atoms with Gasteiger partial charge in [-0.15, -0.1) is 0 Å². The maximum absolute atomic E-state index is 13.8. The topological polar surface area (TPSA) is 76.2 Å². The van der Waals surface area contributed by atoms with Gasteiger partial charge in [-0.05, 0) is 35.2 Å². The number of hydrogen-bond acceptors (Lipinski definition) is 4. The summed E-state index contributed by atoms with van der Waals surface area (Å²) in [6, 6.07) is 23.8. The van der Waals surface area contributed by atoms with E-state index in [0.29, 0.717) is 25.1 Å². The zero-order chi connectivity index (χ0) is 27.4. The van der Waals surface area contributed by atoms with Gasteiger partial charge in [0, 0.05) is 19.6 Å². The smallest absolute Gasteiger partial charge is 0.332 e. The second-order valence-electron chi connectivity index (χ2n) is 9.81. The van der Waals surface area contributed by atoms with Gasteiger partial charge in [0.15, 0.2) is 0 Å². The van der Waals surface area contributed by atoms with E-state index in [4.69, 9.17) is 0 Å². The van der Waals surface area contributed by atoms with Crippen molar-refractivity contribution in [3.8, 4) is 0 Å². The highest BCUT2D eigenvalue weighted by molar-refractivity contribution is 5.92. The molecule has 2 fully saturated rings. The van der Waals surface area contributed by atoms with Gasteiger partial charge in [-0.1, -0.05) is 79.7 Å². The Morgan fingerprint density at radius 3 is 2.28 bits per heavy atom. The Balaban J connectivity index is 1.44. The van der Waals surface area contributed by atoms with E-state index in [1.165, 1.54) is 12.1 Å². The van der Waals surface area contributed by atoms with Gasteiger partial charge in [0.2, 0.25) is 5.91 Å². The van der Waals surface area contributed by atoms with Gasteiger partial charge in [-0.3, -0.25) is 14.6 Å². The van der Waals surface area contributed by atoms with Crippen molar-refractivity contribution in [3.05, 3.63) is 107 Å². The number of rotatable bonds is 8. The van der Waals surface area contributed by atoms with E-state index < -0.39 is 12.2 Å². The van der Waals surface area contributed by atoms with Gasteiger partial charge in [-0.25, -0.2) is 9.18 Å². The first-order valence-corrected chi connectivity index (χ1v) is 13.2. The molecular formula is C30H32FN5O3. The summed E-state index contributed by atoms with van der Waals surface area (Å²) in [7, 11) is 0. The molecular weight excluding hydrogens is 497 g/mol. The van der Waals surface area contributed by atoms with Crippen molar-refractivity contribution in [1.82, 2.24) is 25.1 Å². The lowest BCUT2D eigenvalue weighted by Gasteiger charge is -2.46. The third-order valence-corrected chi connectivity index (χ3v) is 7.13. The molecule has 39 heavy (non-hydrogen) atoms. The quantitative estimate of drug-likeness (QED) is 0.480. The molecule has 3 aromatic rings. The van der Waals surface area contributed by atoms with Crippen molar-refractivity contribution in [2.45, 2.75) is 38.6 Å². The molecule has 0 radical (unpaired) electrons. The second kappa shape index (κ2) is 11.7. The Morgan fingerprint density at radius 1 is 0.949 bits per heavy atom. The van der Waals surface area contributed by atoms with Crippen molar-refractivity contribution < 1.29 is 18.8 Å². The van der Waals surface area contributed by atoms with E-state index in [1.54, 1.807) is 32.0 Å². The maximum atomic E-state index is 13.8. The summed E-state index contributed by atoms with van der Waals surface area (Å²) >= 11 is 0. The summed E-state index contributed by atoms with van der Waals surface area (Å²) in [6.07, 6.45) is 0.158. The fourth-order valence-corrected chi connectivity index (χ4v) is 5.27. The molecule has 2 heterocycles. The highest BCUT2D eigenvalue weighted by Gasteiger charge is 2.52. The molecule has 9 heteroatoms. The van der Waals surface area contributed by atoms with Crippen LogP contribution in [0.5, 0.6) is 0 Å². The summed E-state index contributed by atoms with van der Waals surface area (Å²) in [5.74, 6) is -0.755.